The molecular formula is C16H16F3N3O3. The molecule has 2 aromatic heterocycles. The molecule has 3 heterocycles. The molecule has 0 atom stereocenters. The number of nitrogens with zero attached hydrogens (tertiary/aromatic N) is 3. The molecule has 0 saturated carbocycles. The molecule has 0 bridgehead atoms. The maximum atomic E-state index is 12.7. The van der Waals surface area contributed by atoms with E-state index in [0.29, 0.717) is 48.8 Å². The zero-order valence-corrected chi connectivity index (χ0v) is 13.5. The number of hydrogen-bond donors (Lipinski definition) is 0. The standard InChI is InChI=1S/C16H16F3N3O3/c1-10(23)24-9-13-3-2-12(25-13)8-22-5-4-14-11(7-22)6-20-15(21-14)16(17,18)19/h2-3,6H,4-5,7-9H2,1H3. The number of halogens is 3. The molecule has 1 aliphatic heterocycles. The van der Waals surface area contributed by atoms with E-state index in [1.807, 2.05) is 4.90 Å². The number of hydrogen-bond acceptors (Lipinski definition) is 6. The predicted molar refractivity (Wildman–Crippen MR) is 79.0 cm³/mol. The highest BCUT2D eigenvalue weighted by atomic mass is 19.4. The molecule has 0 amide bonds. The van der Waals surface area contributed by atoms with Gasteiger partial charge in [-0.1, -0.05) is 0 Å². The molecule has 9 heteroatoms. The number of carbonyl (C=O) groups is 1. The van der Waals surface area contributed by atoms with E-state index < -0.39 is 12.0 Å². The minimum absolute atomic E-state index is 0.0756. The van der Waals surface area contributed by atoms with Crippen LogP contribution in [-0.4, -0.2) is 27.4 Å². The van der Waals surface area contributed by atoms with Crippen LogP contribution in [0.4, 0.5) is 13.2 Å². The van der Waals surface area contributed by atoms with Gasteiger partial charge in [0, 0.05) is 38.2 Å². The van der Waals surface area contributed by atoms with E-state index in [1.54, 1.807) is 12.1 Å². The summed E-state index contributed by atoms with van der Waals surface area (Å²) in [5.41, 5.74) is 1.12. The summed E-state index contributed by atoms with van der Waals surface area (Å²) >= 11 is 0. The Morgan fingerprint density at radius 1 is 1.36 bits per heavy atom. The summed E-state index contributed by atoms with van der Waals surface area (Å²) in [6.07, 6.45) is -2.87. The molecule has 0 radical (unpaired) electrons. The lowest BCUT2D eigenvalue weighted by Crippen LogP contribution is -2.31. The topological polar surface area (TPSA) is 68.5 Å². The number of esters is 1. The van der Waals surface area contributed by atoms with Crippen molar-refractivity contribution in [3.63, 3.8) is 0 Å². The van der Waals surface area contributed by atoms with E-state index in [2.05, 4.69) is 9.97 Å². The van der Waals surface area contributed by atoms with Crippen LogP contribution in [0.25, 0.3) is 0 Å². The Bertz CT molecular complexity index is 773. The van der Waals surface area contributed by atoms with Crippen LogP contribution >= 0.6 is 0 Å². The molecule has 134 valence electrons. The summed E-state index contributed by atoms with van der Waals surface area (Å²) in [5, 5.41) is 0. The second-order valence-electron chi connectivity index (χ2n) is 5.77. The zero-order chi connectivity index (χ0) is 18.0. The Morgan fingerprint density at radius 2 is 2.12 bits per heavy atom. The number of fused-ring (bicyclic) bond motifs is 1. The lowest BCUT2D eigenvalue weighted by atomic mass is 10.1. The summed E-state index contributed by atoms with van der Waals surface area (Å²) in [6.45, 7) is 2.92. The van der Waals surface area contributed by atoms with Crippen LogP contribution in [-0.2, 0) is 41.8 Å². The lowest BCUT2D eigenvalue weighted by molar-refractivity contribution is -0.145. The van der Waals surface area contributed by atoms with E-state index in [4.69, 9.17) is 9.15 Å². The molecule has 1 aliphatic rings. The average Bonchev–Trinajstić information content (AvgIpc) is 2.99. The van der Waals surface area contributed by atoms with E-state index in [-0.39, 0.29) is 12.6 Å². The van der Waals surface area contributed by atoms with Gasteiger partial charge < -0.3 is 9.15 Å². The highest BCUT2D eigenvalue weighted by Crippen LogP contribution is 2.28. The summed E-state index contributed by atoms with van der Waals surface area (Å²) in [5.74, 6) is -0.246. The van der Waals surface area contributed by atoms with Gasteiger partial charge in [-0.05, 0) is 12.1 Å². The second kappa shape index (κ2) is 6.83. The van der Waals surface area contributed by atoms with Gasteiger partial charge in [-0.15, -0.1) is 0 Å². The molecule has 3 rings (SSSR count). The molecule has 0 spiro atoms. The van der Waals surface area contributed by atoms with Crippen molar-refractivity contribution in [1.82, 2.24) is 14.9 Å². The first kappa shape index (κ1) is 17.4. The summed E-state index contributed by atoms with van der Waals surface area (Å²) in [7, 11) is 0. The Balaban J connectivity index is 1.62. The van der Waals surface area contributed by atoms with Crippen molar-refractivity contribution in [1.29, 1.82) is 0 Å². The SMILES string of the molecule is CC(=O)OCc1ccc(CN2CCc3nc(C(F)(F)F)ncc3C2)o1. The maximum Gasteiger partial charge on any atom is 0.451 e. The Kier molecular flexibility index (Phi) is 4.76. The fourth-order valence-corrected chi connectivity index (χ4v) is 2.62. The molecule has 0 aliphatic carbocycles. The van der Waals surface area contributed by atoms with E-state index in [0.717, 1.165) is 0 Å². The van der Waals surface area contributed by atoms with Crippen LogP contribution in [0.1, 0.15) is 35.5 Å². The smallest absolute Gasteiger partial charge is 0.451 e. The Morgan fingerprint density at radius 3 is 2.84 bits per heavy atom. The Hall–Kier alpha value is -2.42. The van der Waals surface area contributed by atoms with Crippen LogP contribution in [0, 0.1) is 0 Å². The number of furan rings is 1. The van der Waals surface area contributed by atoms with Crippen molar-refractivity contribution < 1.29 is 27.1 Å². The van der Waals surface area contributed by atoms with Crippen molar-refractivity contribution in [2.75, 3.05) is 6.54 Å². The number of alkyl halides is 3. The summed E-state index contributed by atoms with van der Waals surface area (Å²) in [6, 6.07) is 3.52. The van der Waals surface area contributed by atoms with E-state index >= 15 is 0 Å². The second-order valence-corrected chi connectivity index (χ2v) is 5.77. The van der Waals surface area contributed by atoms with Gasteiger partial charge in [0.15, 0.2) is 0 Å². The van der Waals surface area contributed by atoms with Gasteiger partial charge in [0.25, 0.3) is 0 Å². The Labute approximate surface area is 141 Å². The predicted octanol–water partition coefficient (Wildman–Crippen LogP) is 2.71. The fourth-order valence-electron chi connectivity index (χ4n) is 2.62. The molecule has 0 aromatic carbocycles. The van der Waals surface area contributed by atoms with Gasteiger partial charge in [-0.2, -0.15) is 13.2 Å². The fraction of sp³-hybridized carbons (Fsp3) is 0.438. The molecule has 0 fully saturated rings. The molecule has 0 unspecified atom stereocenters. The largest absolute Gasteiger partial charge is 0.461 e. The average molecular weight is 355 g/mol. The van der Waals surface area contributed by atoms with Crippen molar-refractivity contribution in [3.8, 4) is 0 Å². The quantitative estimate of drug-likeness (QED) is 0.786. The van der Waals surface area contributed by atoms with Crippen molar-refractivity contribution in [3.05, 3.63) is 46.9 Å². The maximum absolute atomic E-state index is 12.7. The normalized spacial score (nSPS) is 15.0. The van der Waals surface area contributed by atoms with Crippen LogP contribution in [0.5, 0.6) is 0 Å². The third-order valence-electron chi connectivity index (χ3n) is 3.78. The van der Waals surface area contributed by atoms with Crippen molar-refractivity contribution in [2.24, 2.45) is 0 Å². The molecular weight excluding hydrogens is 339 g/mol. The van der Waals surface area contributed by atoms with Gasteiger partial charge >= 0.3 is 12.1 Å². The number of ether oxygens (including phenoxy) is 1. The first-order valence-electron chi connectivity index (χ1n) is 7.66. The zero-order valence-electron chi connectivity index (χ0n) is 13.5. The summed E-state index contributed by atoms with van der Waals surface area (Å²) < 4.78 is 48.4. The van der Waals surface area contributed by atoms with Crippen molar-refractivity contribution in [2.45, 2.75) is 39.2 Å². The van der Waals surface area contributed by atoms with Crippen LogP contribution < -0.4 is 0 Å². The highest BCUT2D eigenvalue weighted by Gasteiger charge is 2.35. The van der Waals surface area contributed by atoms with Gasteiger partial charge in [0.05, 0.1) is 12.2 Å². The third-order valence-corrected chi connectivity index (χ3v) is 3.78. The van der Waals surface area contributed by atoms with Crippen LogP contribution in [0.15, 0.2) is 22.7 Å². The molecule has 0 saturated heterocycles. The molecule has 2 aromatic rings. The first-order chi connectivity index (χ1) is 11.8. The number of rotatable bonds is 4. The molecule has 25 heavy (non-hydrogen) atoms. The van der Waals surface area contributed by atoms with Crippen LogP contribution in [0.3, 0.4) is 0 Å². The van der Waals surface area contributed by atoms with Gasteiger partial charge in [-0.3, -0.25) is 9.69 Å². The minimum atomic E-state index is -4.53. The first-order valence-corrected chi connectivity index (χ1v) is 7.66. The van der Waals surface area contributed by atoms with E-state index in [9.17, 15) is 18.0 Å². The highest BCUT2D eigenvalue weighted by molar-refractivity contribution is 5.65. The van der Waals surface area contributed by atoms with Gasteiger partial charge in [0.1, 0.15) is 18.1 Å². The van der Waals surface area contributed by atoms with E-state index in [1.165, 1.54) is 13.1 Å². The monoisotopic (exact) mass is 355 g/mol. The van der Waals surface area contributed by atoms with Gasteiger partial charge in [0.2, 0.25) is 5.82 Å². The van der Waals surface area contributed by atoms with Gasteiger partial charge in [-0.25, -0.2) is 9.97 Å². The third kappa shape index (κ3) is 4.36. The summed E-state index contributed by atoms with van der Waals surface area (Å²) in [4.78, 5) is 19.9. The van der Waals surface area contributed by atoms with Crippen LogP contribution in [0.2, 0.25) is 0 Å². The van der Waals surface area contributed by atoms with Crippen molar-refractivity contribution >= 4 is 5.97 Å². The molecule has 6 nitrogen and oxygen atoms in total. The number of aromatic nitrogens is 2. The lowest BCUT2D eigenvalue weighted by Gasteiger charge is -2.27. The molecule has 0 N–H and O–H groups in total. The number of carbonyl (C=O) groups excluding carboxylic acids is 1. The minimum Gasteiger partial charge on any atom is -0.461 e.